The zero-order valence-electron chi connectivity index (χ0n) is 9.80. The zero-order chi connectivity index (χ0) is 12.7. The minimum absolute atomic E-state index is 0.334. The third-order valence-corrected chi connectivity index (χ3v) is 4.39. The molecular weight excluding hydrogens is 248 g/mol. The number of benzene rings is 1. The molecule has 1 aliphatic carbocycles. The highest BCUT2D eigenvalue weighted by Crippen LogP contribution is 2.43. The number of hydrogen-bond acceptors (Lipinski definition) is 4. The molecule has 1 aromatic carbocycles. The fourth-order valence-electron chi connectivity index (χ4n) is 2.02. The van der Waals surface area contributed by atoms with Crippen molar-refractivity contribution in [3.05, 3.63) is 28.8 Å². The van der Waals surface area contributed by atoms with Crippen LogP contribution >= 0.6 is 11.3 Å². The summed E-state index contributed by atoms with van der Waals surface area (Å²) in [5, 5.41) is 10.1. The molecule has 0 radical (unpaired) electrons. The van der Waals surface area contributed by atoms with Gasteiger partial charge in [-0.25, -0.2) is 4.98 Å². The second kappa shape index (κ2) is 4.33. The molecule has 0 amide bonds. The van der Waals surface area contributed by atoms with Crippen LogP contribution < -0.4 is 5.73 Å². The summed E-state index contributed by atoms with van der Waals surface area (Å²) in [5.74, 6) is -0.340. The Labute approximate surface area is 108 Å². The molecule has 1 aliphatic rings. The largest absolute Gasteiger partial charge is 0.480 e. The molecular formula is C13H14N2O2S. The summed E-state index contributed by atoms with van der Waals surface area (Å²) in [7, 11) is 0. The number of carboxylic acid groups (broad SMARTS) is 1. The molecule has 3 rings (SSSR count). The van der Waals surface area contributed by atoms with Crippen molar-refractivity contribution in [1.29, 1.82) is 0 Å². The van der Waals surface area contributed by atoms with E-state index in [1.165, 1.54) is 17.8 Å². The van der Waals surface area contributed by atoms with E-state index in [2.05, 4.69) is 4.98 Å². The predicted octanol–water partition coefficient (Wildman–Crippen LogP) is 2.13. The van der Waals surface area contributed by atoms with Crippen molar-refractivity contribution in [3.8, 4) is 0 Å². The first-order chi connectivity index (χ1) is 8.65. The van der Waals surface area contributed by atoms with Gasteiger partial charge in [0.05, 0.1) is 15.2 Å². The number of fused-ring (bicyclic) bond motifs is 1. The standard InChI is InChI=1S/C13H14N2O2S/c14-9(13(16)17)6-8-2-1-3-10-11(8)15-12(18-10)7-4-5-7/h1-3,7,9H,4-6,14H2,(H,16,17). The van der Waals surface area contributed by atoms with Crippen molar-refractivity contribution in [2.24, 2.45) is 5.73 Å². The Morgan fingerprint density at radius 3 is 3.00 bits per heavy atom. The molecule has 0 spiro atoms. The monoisotopic (exact) mass is 262 g/mol. The molecule has 2 aromatic rings. The van der Waals surface area contributed by atoms with Gasteiger partial charge in [-0.3, -0.25) is 4.79 Å². The van der Waals surface area contributed by atoms with E-state index >= 15 is 0 Å². The lowest BCUT2D eigenvalue weighted by Crippen LogP contribution is -2.32. The van der Waals surface area contributed by atoms with Crippen molar-refractivity contribution in [3.63, 3.8) is 0 Å². The third kappa shape index (κ3) is 2.11. The molecule has 1 atom stereocenters. The van der Waals surface area contributed by atoms with Gasteiger partial charge in [-0.1, -0.05) is 12.1 Å². The van der Waals surface area contributed by atoms with Crippen LogP contribution in [0.5, 0.6) is 0 Å². The molecule has 18 heavy (non-hydrogen) atoms. The number of carbonyl (C=O) groups is 1. The van der Waals surface area contributed by atoms with Gasteiger partial charge in [0.2, 0.25) is 0 Å². The minimum atomic E-state index is -0.968. The topological polar surface area (TPSA) is 76.2 Å². The van der Waals surface area contributed by atoms with Gasteiger partial charge >= 0.3 is 5.97 Å². The van der Waals surface area contributed by atoms with Gasteiger partial charge in [-0.05, 0) is 24.5 Å². The van der Waals surface area contributed by atoms with Gasteiger partial charge in [-0.15, -0.1) is 11.3 Å². The molecule has 1 saturated carbocycles. The van der Waals surface area contributed by atoms with Gasteiger partial charge in [-0.2, -0.15) is 0 Å². The molecule has 3 N–H and O–H groups in total. The van der Waals surface area contributed by atoms with E-state index in [0.717, 1.165) is 15.8 Å². The molecule has 0 saturated heterocycles. The Bertz CT molecular complexity index is 604. The van der Waals surface area contributed by atoms with E-state index in [9.17, 15) is 4.79 Å². The normalized spacial score (nSPS) is 16.9. The van der Waals surface area contributed by atoms with E-state index in [-0.39, 0.29) is 0 Å². The van der Waals surface area contributed by atoms with Gasteiger partial charge in [0, 0.05) is 12.3 Å². The average Bonchev–Trinajstić information content (AvgIpc) is 3.09. The predicted molar refractivity (Wildman–Crippen MR) is 70.9 cm³/mol. The van der Waals surface area contributed by atoms with Crippen LogP contribution in [-0.2, 0) is 11.2 Å². The second-order valence-corrected chi connectivity index (χ2v) is 5.80. The number of aliphatic carboxylic acids is 1. The van der Waals surface area contributed by atoms with Gasteiger partial charge in [0.15, 0.2) is 0 Å². The summed E-state index contributed by atoms with van der Waals surface area (Å²) in [6, 6.07) is 5.04. The third-order valence-electron chi connectivity index (χ3n) is 3.20. The lowest BCUT2D eigenvalue weighted by atomic mass is 10.1. The van der Waals surface area contributed by atoms with E-state index in [1.54, 1.807) is 11.3 Å². The maximum Gasteiger partial charge on any atom is 0.320 e. The summed E-state index contributed by atoms with van der Waals surface area (Å²) in [6.45, 7) is 0. The van der Waals surface area contributed by atoms with E-state index in [1.807, 2.05) is 18.2 Å². The molecule has 0 bridgehead atoms. The second-order valence-electron chi connectivity index (χ2n) is 4.74. The van der Waals surface area contributed by atoms with Gasteiger partial charge in [0.1, 0.15) is 6.04 Å². The van der Waals surface area contributed by atoms with Crippen LogP contribution in [-0.4, -0.2) is 22.1 Å². The van der Waals surface area contributed by atoms with Crippen LogP contribution in [0.4, 0.5) is 0 Å². The molecule has 1 heterocycles. The molecule has 4 nitrogen and oxygen atoms in total. The van der Waals surface area contributed by atoms with Crippen LogP contribution in [0.2, 0.25) is 0 Å². The van der Waals surface area contributed by atoms with Crippen LogP contribution in [0.15, 0.2) is 18.2 Å². The lowest BCUT2D eigenvalue weighted by molar-refractivity contribution is -0.138. The molecule has 94 valence electrons. The smallest absolute Gasteiger partial charge is 0.320 e. The molecule has 1 aromatic heterocycles. The summed E-state index contributed by atoms with van der Waals surface area (Å²) in [4.78, 5) is 15.5. The van der Waals surface area contributed by atoms with Crippen LogP contribution in [0.1, 0.15) is 29.3 Å². The lowest BCUT2D eigenvalue weighted by Gasteiger charge is -2.06. The Morgan fingerprint density at radius 1 is 1.56 bits per heavy atom. The highest BCUT2D eigenvalue weighted by molar-refractivity contribution is 7.18. The maximum atomic E-state index is 10.8. The summed E-state index contributed by atoms with van der Waals surface area (Å²) >= 11 is 1.72. The number of rotatable bonds is 4. The van der Waals surface area contributed by atoms with Crippen molar-refractivity contribution >= 4 is 27.5 Å². The fourth-order valence-corrected chi connectivity index (χ4v) is 3.20. The van der Waals surface area contributed by atoms with Crippen molar-refractivity contribution in [1.82, 2.24) is 4.98 Å². The first-order valence-electron chi connectivity index (χ1n) is 6.02. The first kappa shape index (κ1) is 11.6. The van der Waals surface area contributed by atoms with Crippen molar-refractivity contribution < 1.29 is 9.90 Å². The minimum Gasteiger partial charge on any atom is -0.480 e. The molecule has 0 aliphatic heterocycles. The summed E-state index contributed by atoms with van der Waals surface area (Å²) in [6.07, 6.45) is 2.79. The number of carboxylic acids is 1. The highest BCUT2D eigenvalue weighted by Gasteiger charge is 2.27. The quantitative estimate of drug-likeness (QED) is 0.885. The summed E-state index contributed by atoms with van der Waals surface area (Å²) in [5.41, 5.74) is 7.46. The number of aromatic nitrogens is 1. The highest BCUT2D eigenvalue weighted by atomic mass is 32.1. The van der Waals surface area contributed by atoms with Crippen molar-refractivity contribution in [2.45, 2.75) is 31.2 Å². The Kier molecular flexibility index (Phi) is 2.80. The Hall–Kier alpha value is -1.46. The Morgan fingerprint density at radius 2 is 2.33 bits per heavy atom. The number of nitrogens with two attached hydrogens (primary N) is 1. The number of hydrogen-bond donors (Lipinski definition) is 2. The fraction of sp³-hybridized carbons (Fsp3) is 0.385. The average molecular weight is 262 g/mol. The molecule has 1 fully saturated rings. The number of thiazole rings is 1. The number of nitrogens with zero attached hydrogens (tertiary/aromatic N) is 1. The van der Waals surface area contributed by atoms with Gasteiger partial charge < -0.3 is 10.8 Å². The van der Waals surface area contributed by atoms with Crippen LogP contribution in [0, 0.1) is 0 Å². The van der Waals surface area contributed by atoms with Crippen molar-refractivity contribution in [2.75, 3.05) is 0 Å². The Balaban J connectivity index is 1.97. The number of para-hydroxylation sites is 1. The molecule has 5 heteroatoms. The van der Waals surface area contributed by atoms with Crippen LogP contribution in [0.25, 0.3) is 10.2 Å². The van der Waals surface area contributed by atoms with E-state index < -0.39 is 12.0 Å². The van der Waals surface area contributed by atoms with E-state index in [4.69, 9.17) is 10.8 Å². The zero-order valence-corrected chi connectivity index (χ0v) is 10.6. The summed E-state index contributed by atoms with van der Waals surface area (Å²) < 4.78 is 1.13. The maximum absolute atomic E-state index is 10.8. The SMILES string of the molecule is NC(Cc1cccc2sc(C3CC3)nc12)C(=O)O. The van der Waals surface area contributed by atoms with Gasteiger partial charge in [0.25, 0.3) is 0 Å². The first-order valence-corrected chi connectivity index (χ1v) is 6.83. The van der Waals surface area contributed by atoms with Crippen LogP contribution in [0.3, 0.4) is 0 Å². The molecule has 1 unspecified atom stereocenters. The van der Waals surface area contributed by atoms with E-state index in [0.29, 0.717) is 12.3 Å².